The molecule has 0 radical (unpaired) electrons. The first kappa shape index (κ1) is 25.5. The molecule has 1 aliphatic carbocycles. The molecule has 0 aromatic heterocycles. The summed E-state index contributed by atoms with van der Waals surface area (Å²) < 4.78 is 5.41. The van der Waals surface area contributed by atoms with E-state index in [1.807, 2.05) is 84.9 Å². The Morgan fingerprint density at radius 2 is 1.38 bits per heavy atom. The second kappa shape index (κ2) is 11.1. The quantitative estimate of drug-likeness (QED) is 0.226. The lowest BCUT2D eigenvalue weighted by molar-refractivity contribution is -0.151. The molecule has 0 fully saturated rings. The number of carbonyl (C=O) groups is 4. The van der Waals surface area contributed by atoms with E-state index in [-0.39, 0.29) is 18.9 Å². The molecule has 5 rings (SSSR count). The second-order valence-corrected chi connectivity index (χ2v) is 9.16. The summed E-state index contributed by atoms with van der Waals surface area (Å²) >= 11 is 0. The van der Waals surface area contributed by atoms with Gasteiger partial charge in [0.05, 0.1) is 0 Å². The summed E-state index contributed by atoms with van der Waals surface area (Å²) in [6, 6.07) is 27.7. The van der Waals surface area contributed by atoms with Crippen molar-refractivity contribution in [3.8, 4) is 11.1 Å². The van der Waals surface area contributed by atoms with E-state index in [0.717, 1.165) is 33.0 Å². The third-order valence-corrected chi connectivity index (χ3v) is 6.70. The van der Waals surface area contributed by atoms with Crippen molar-refractivity contribution in [3.05, 3.63) is 108 Å². The van der Waals surface area contributed by atoms with E-state index >= 15 is 0 Å². The summed E-state index contributed by atoms with van der Waals surface area (Å²) in [6.07, 6.45) is -0.888. The van der Waals surface area contributed by atoms with E-state index in [2.05, 4.69) is 16.2 Å². The number of nitrogens with one attached hydrogen (secondary N) is 3. The highest BCUT2D eigenvalue weighted by Crippen LogP contribution is 2.44. The van der Waals surface area contributed by atoms with Crippen LogP contribution in [0.2, 0.25) is 0 Å². The Labute approximate surface area is 223 Å². The maximum atomic E-state index is 12.9. The molecule has 3 amide bonds. The number of aliphatic carboxylic acids is 1. The molecule has 0 bridgehead atoms. The molecule has 0 saturated heterocycles. The van der Waals surface area contributed by atoms with Crippen LogP contribution in [0.25, 0.3) is 21.9 Å². The minimum absolute atomic E-state index is 0.00204. The first-order valence-electron chi connectivity index (χ1n) is 12.3. The van der Waals surface area contributed by atoms with Gasteiger partial charge in [0.15, 0.2) is 0 Å². The number of fused-ring (bicyclic) bond motifs is 4. The summed E-state index contributed by atoms with van der Waals surface area (Å²) in [5.41, 5.74) is 9.37. The van der Waals surface area contributed by atoms with Crippen molar-refractivity contribution in [1.29, 1.82) is 0 Å². The van der Waals surface area contributed by atoms with E-state index in [4.69, 9.17) is 9.84 Å². The van der Waals surface area contributed by atoms with Crippen LogP contribution in [0.15, 0.2) is 91.0 Å². The summed E-state index contributed by atoms with van der Waals surface area (Å²) in [5.74, 6) is -4.02. The van der Waals surface area contributed by atoms with Crippen molar-refractivity contribution in [3.63, 3.8) is 0 Å². The zero-order chi connectivity index (χ0) is 27.4. The van der Waals surface area contributed by atoms with Gasteiger partial charge in [0.2, 0.25) is 0 Å². The van der Waals surface area contributed by atoms with Crippen LogP contribution in [-0.4, -0.2) is 41.6 Å². The van der Waals surface area contributed by atoms with Gasteiger partial charge >= 0.3 is 18.0 Å². The summed E-state index contributed by atoms with van der Waals surface area (Å²) in [7, 11) is 0. The lowest BCUT2D eigenvalue weighted by Crippen LogP contribution is -2.54. The molecule has 9 heteroatoms. The van der Waals surface area contributed by atoms with Gasteiger partial charge in [-0.25, -0.2) is 15.0 Å². The Bertz CT molecular complexity index is 1540. The molecule has 0 spiro atoms. The van der Waals surface area contributed by atoms with Crippen LogP contribution in [0.3, 0.4) is 0 Å². The highest BCUT2D eigenvalue weighted by Gasteiger charge is 2.29. The standard InChI is InChI=1S/C30H25N3O6/c34-27(26(31-28(35)29(36)37)16-18-13-14-19-7-1-2-8-20(19)15-18)32-33-30(38)39-17-25-23-11-5-3-9-21(23)22-10-4-6-12-24(22)25/h1-15,25-26H,16-17H2,(H,31,35)(H,32,34)(H,33,38)(H,36,37). The van der Waals surface area contributed by atoms with Crippen molar-refractivity contribution >= 4 is 34.6 Å². The molecule has 0 heterocycles. The average molecular weight is 524 g/mol. The summed E-state index contributed by atoms with van der Waals surface area (Å²) in [6.45, 7) is 0.0476. The number of rotatable bonds is 6. The number of carbonyl (C=O) groups excluding carboxylic acids is 3. The van der Waals surface area contributed by atoms with E-state index in [1.54, 1.807) is 6.07 Å². The molecule has 4 aromatic rings. The number of carboxylic acids is 1. The van der Waals surface area contributed by atoms with Crippen LogP contribution in [0.5, 0.6) is 0 Å². The SMILES string of the molecule is O=C(NNC(=O)C(Cc1ccc2ccccc2c1)NC(=O)C(=O)O)OCC1c2ccccc2-c2ccccc21. The monoisotopic (exact) mass is 523 g/mol. The Morgan fingerprint density at radius 3 is 2.05 bits per heavy atom. The Hall–Kier alpha value is -5.18. The molecule has 9 nitrogen and oxygen atoms in total. The molecule has 1 atom stereocenters. The van der Waals surface area contributed by atoms with Crippen molar-refractivity contribution in [2.24, 2.45) is 0 Å². The molecular weight excluding hydrogens is 498 g/mol. The van der Waals surface area contributed by atoms with Crippen LogP contribution in [-0.2, 0) is 25.5 Å². The van der Waals surface area contributed by atoms with E-state index in [9.17, 15) is 19.2 Å². The zero-order valence-corrected chi connectivity index (χ0v) is 20.7. The molecule has 4 N–H and O–H groups in total. The molecule has 0 aliphatic heterocycles. The predicted molar refractivity (Wildman–Crippen MR) is 144 cm³/mol. The number of amides is 3. The van der Waals surface area contributed by atoms with Crippen molar-refractivity contribution in [2.45, 2.75) is 18.4 Å². The van der Waals surface area contributed by atoms with Gasteiger partial charge in [0.1, 0.15) is 12.6 Å². The maximum Gasteiger partial charge on any atom is 0.426 e. The lowest BCUT2D eigenvalue weighted by Gasteiger charge is -2.19. The highest BCUT2D eigenvalue weighted by atomic mass is 16.6. The molecule has 4 aromatic carbocycles. The fourth-order valence-corrected chi connectivity index (χ4v) is 4.86. The van der Waals surface area contributed by atoms with Gasteiger partial charge < -0.3 is 15.2 Å². The van der Waals surface area contributed by atoms with Crippen molar-refractivity contribution < 1.29 is 29.0 Å². The topological polar surface area (TPSA) is 134 Å². The van der Waals surface area contributed by atoms with Gasteiger partial charge in [-0.3, -0.25) is 15.0 Å². The average Bonchev–Trinajstić information content (AvgIpc) is 3.27. The molecule has 196 valence electrons. The van der Waals surface area contributed by atoms with Crippen molar-refractivity contribution in [2.75, 3.05) is 6.61 Å². The van der Waals surface area contributed by atoms with Gasteiger partial charge in [-0.1, -0.05) is 91.0 Å². The number of hydrogen-bond donors (Lipinski definition) is 4. The fourth-order valence-electron chi connectivity index (χ4n) is 4.86. The summed E-state index contributed by atoms with van der Waals surface area (Å²) in [5, 5.41) is 13.1. The lowest BCUT2D eigenvalue weighted by atomic mass is 9.98. The number of hydrogen-bond acceptors (Lipinski definition) is 5. The van der Waals surface area contributed by atoms with E-state index < -0.39 is 29.9 Å². The normalized spacial score (nSPS) is 12.6. The third kappa shape index (κ3) is 5.57. The van der Waals surface area contributed by atoms with Crippen LogP contribution in [0.1, 0.15) is 22.6 Å². The smallest absolute Gasteiger partial charge is 0.426 e. The van der Waals surface area contributed by atoms with Gasteiger partial charge in [-0.2, -0.15) is 0 Å². The number of hydrazine groups is 1. The Balaban J connectivity index is 1.22. The van der Waals surface area contributed by atoms with Crippen LogP contribution in [0.4, 0.5) is 4.79 Å². The minimum Gasteiger partial charge on any atom is -0.474 e. The van der Waals surface area contributed by atoms with Crippen LogP contribution >= 0.6 is 0 Å². The van der Waals surface area contributed by atoms with Crippen molar-refractivity contribution in [1.82, 2.24) is 16.2 Å². The maximum absolute atomic E-state index is 12.9. The Kier molecular flexibility index (Phi) is 7.22. The molecule has 1 unspecified atom stereocenters. The minimum atomic E-state index is -1.73. The van der Waals surface area contributed by atoms with Gasteiger partial charge in [-0.05, 0) is 38.6 Å². The highest BCUT2D eigenvalue weighted by molar-refractivity contribution is 6.32. The van der Waals surface area contributed by atoms with Gasteiger partial charge in [0, 0.05) is 12.3 Å². The van der Waals surface area contributed by atoms with Gasteiger partial charge in [0.25, 0.3) is 5.91 Å². The van der Waals surface area contributed by atoms with Gasteiger partial charge in [-0.15, -0.1) is 0 Å². The van der Waals surface area contributed by atoms with E-state index in [1.165, 1.54) is 0 Å². The third-order valence-electron chi connectivity index (χ3n) is 6.70. The number of ether oxygens (including phenoxy) is 1. The van der Waals surface area contributed by atoms with Crippen LogP contribution in [0, 0.1) is 0 Å². The predicted octanol–water partition coefficient (Wildman–Crippen LogP) is 3.52. The first-order valence-corrected chi connectivity index (χ1v) is 12.3. The number of carboxylic acid groups (broad SMARTS) is 1. The largest absolute Gasteiger partial charge is 0.474 e. The molecular formula is C30H25N3O6. The molecule has 1 aliphatic rings. The second-order valence-electron chi connectivity index (χ2n) is 9.16. The Morgan fingerprint density at radius 1 is 0.769 bits per heavy atom. The summed E-state index contributed by atoms with van der Waals surface area (Å²) in [4.78, 5) is 48.3. The molecule has 39 heavy (non-hydrogen) atoms. The zero-order valence-electron chi connectivity index (χ0n) is 20.7. The molecule has 0 saturated carbocycles. The number of benzene rings is 4. The van der Waals surface area contributed by atoms with Crippen LogP contribution < -0.4 is 16.2 Å². The van der Waals surface area contributed by atoms with E-state index in [0.29, 0.717) is 5.56 Å². The first-order chi connectivity index (χ1) is 18.9. The fraction of sp³-hybridized carbons (Fsp3) is 0.133.